The van der Waals surface area contributed by atoms with E-state index in [1.807, 2.05) is 4.90 Å². The van der Waals surface area contributed by atoms with E-state index in [1.54, 1.807) is 35.2 Å². The van der Waals surface area contributed by atoms with Crippen LogP contribution in [0.2, 0.25) is 0 Å². The number of hydrogen-bond acceptors (Lipinski definition) is 9. The third-order valence-electron chi connectivity index (χ3n) is 9.42. The third kappa shape index (κ3) is 6.92. The number of carbonyl (C=O) groups is 2. The van der Waals surface area contributed by atoms with Crippen molar-refractivity contribution in [3.8, 4) is 22.8 Å². The van der Waals surface area contributed by atoms with Crippen LogP contribution in [-0.2, 0) is 4.79 Å². The number of anilines is 2. The van der Waals surface area contributed by atoms with Gasteiger partial charge in [0, 0.05) is 44.4 Å². The van der Waals surface area contributed by atoms with Crippen LogP contribution in [0.5, 0.6) is 11.6 Å². The highest BCUT2D eigenvalue weighted by Gasteiger charge is 2.45. The smallest absolute Gasteiger partial charge is 0.429 e. The van der Waals surface area contributed by atoms with Crippen LogP contribution in [0.4, 0.5) is 24.9 Å². The number of carboxylic acid groups (broad SMARTS) is 1. The number of nitrogens with one attached hydrogen (secondary N) is 1. The van der Waals surface area contributed by atoms with Gasteiger partial charge < -0.3 is 35.4 Å². The Kier molecular flexibility index (Phi) is 8.88. The van der Waals surface area contributed by atoms with Crippen molar-refractivity contribution < 1.29 is 37.3 Å². The summed E-state index contributed by atoms with van der Waals surface area (Å²) < 4.78 is 54.1. The van der Waals surface area contributed by atoms with Crippen molar-refractivity contribution in [1.82, 2.24) is 20.2 Å². The third-order valence-corrected chi connectivity index (χ3v) is 9.42. The van der Waals surface area contributed by atoms with Crippen molar-refractivity contribution in [1.29, 1.82) is 0 Å². The summed E-state index contributed by atoms with van der Waals surface area (Å²) in [6.07, 6.45) is -3.24. The van der Waals surface area contributed by atoms with E-state index in [0.29, 0.717) is 80.2 Å². The second kappa shape index (κ2) is 12.9. The molecule has 2 atom stereocenters. The molecule has 3 aliphatic rings. The molecule has 11 nitrogen and oxygen atoms in total. The van der Waals surface area contributed by atoms with Gasteiger partial charge in [-0.3, -0.25) is 9.59 Å². The molecule has 4 N–H and O–H groups in total. The molecule has 6 rings (SSSR count). The first-order chi connectivity index (χ1) is 22.4. The van der Waals surface area contributed by atoms with Gasteiger partial charge in [-0.2, -0.15) is 23.1 Å². The molecule has 0 aliphatic carbocycles. The maximum absolute atomic E-state index is 14.4. The van der Waals surface area contributed by atoms with Crippen LogP contribution < -0.4 is 25.4 Å². The predicted octanol–water partition coefficient (Wildman–Crippen LogP) is 4.69. The van der Waals surface area contributed by atoms with Gasteiger partial charge in [0.2, 0.25) is 17.9 Å². The molecular formula is C33H37F3N6O5. The van der Waals surface area contributed by atoms with E-state index in [0.717, 1.165) is 12.8 Å². The Morgan fingerprint density at radius 1 is 1.02 bits per heavy atom. The number of carboxylic acids is 1. The Morgan fingerprint density at radius 3 is 2.32 bits per heavy atom. The standard InChI is InChI=1S/C33H37F3N6O5/c1-46-25-16-22(8-9-23(25)29(43)42-12-2-3-13-42)20-4-6-21(7-5-20)28(33(34,35)36)47-27-17-26(39-31(37)40-27)41-14-10-32(11-15-41)18-24(30(44)45)38-19-32/h4-9,16-17,24,28,38H,2-3,10-15,18-19H2,1H3,(H,44,45)(H2,37,39,40)/t24-,28?/m0/s1. The number of aromatic nitrogens is 2. The summed E-state index contributed by atoms with van der Waals surface area (Å²) in [4.78, 5) is 36.2. The maximum atomic E-state index is 14.4. The second-order valence-electron chi connectivity index (χ2n) is 12.5. The zero-order valence-corrected chi connectivity index (χ0v) is 25.9. The van der Waals surface area contributed by atoms with Gasteiger partial charge in [0.25, 0.3) is 5.91 Å². The van der Waals surface area contributed by atoms with Crippen LogP contribution >= 0.6 is 0 Å². The number of aliphatic carboxylic acids is 1. The molecule has 3 fully saturated rings. The summed E-state index contributed by atoms with van der Waals surface area (Å²) in [6.45, 7) is 3.06. The average molecular weight is 655 g/mol. The quantitative estimate of drug-likeness (QED) is 0.313. The first-order valence-corrected chi connectivity index (χ1v) is 15.6. The van der Waals surface area contributed by atoms with Gasteiger partial charge in [0.05, 0.1) is 12.7 Å². The first kappa shape index (κ1) is 32.4. The van der Waals surface area contributed by atoms with Crippen molar-refractivity contribution in [3.63, 3.8) is 0 Å². The van der Waals surface area contributed by atoms with Crippen molar-refractivity contribution in [3.05, 3.63) is 59.7 Å². The largest absolute Gasteiger partial charge is 0.496 e. The van der Waals surface area contributed by atoms with Crippen LogP contribution in [0, 0.1) is 5.41 Å². The number of piperidine rings is 1. The van der Waals surface area contributed by atoms with Gasteiger partial charge in [-0.05, 0) is 60.8 Å². The molecule has 3 aromatic rings. The number of nitrogens with zero attached hydrogens (tertiary/aromatic N) is 4. The molecule has 250 valence electrons. The van der Waals surface area contributed by atoms with Crippen LogP contribution in [-0.4, -0.2) is 83.9 Å². The lowest BCUT2D eigenvalue weighted by atomic mass is 9.76. The van der Waals surface area contributed by atoms with Gasteiger partial charge in [0.1, 0.15) is 17.6 Å². The molecular weight excluding hydrogens is 617 g/mol. The Labute approximate surface area is 269 Å². The van der Waals surface area contributed by atoms with E-state index in [4.69, 9.17) is 15.2 Å². The topological polar surface area (TPSA) is 143 Å². The average Bonchev–Trinajstić information content (AvgIpc) is 3.74. The van der Waals surface area contributed by atoms with Crippen LogP contribution in [0.1, 0.15) is 54.1 Å². The number of methoxy groups -OCH3 is 1. The van der Waals surface area contributed by atoms with E-state index < -0.39 is 24.3 Å². The van der Waals surface area contributed by atoms with Crippen molar-refractivity contribution in [2.24, 2.45) is 5.41 Å². The summed E-state index contributed by atoms with van der Waals surface area (Å²) >= 11 is 0. The van der Waals surface area contributed by atoms with E-state index in [9.17, 15) is 27.9 Å². The summed E-state index contributed by atoms with van der Waals surface area (Å²) in [6, 6.07) is 11.7. The summed E-state index contributed by atoms with van der Waals surface area (Å²) in [7, 11) is 1.48. The zero-order chi connectivity index (χ0) is 33.3. The van der Waals surface area contributed by atoms with Crippen LogP contribution in [0.15, 0.2) is 48.5 Å². The molecule has 1 amide bonds. The van der Waals surface area contributed by atoms with Crippen LogP contribution in [0.25, 0.3) is 11.1 Å². The molecule has 0 radical (unpaired) electrons. The van der Waals surface area contributed by atoms with Gasteiger partial charge in [-0.25, -0.2) is 0 Å². The number of benzene rings is 2. The fraction of sp³-hybridized carbons (Fsp3) is 0.455. The van der Waals surface area contributed by atoms with Crippen molar-refractivity contribution >= 4 is 23.6 Å². The molecule has 0 bridgehead atoms. The van der Waals surface area contributed by atoms with Gasteiger partial charge >= 0.3 is 12.1 Å². The molecule has 0 saturated carbocycles. The minimum atomic E-state index is -4.77. The molecule has 4 heterocycles. The number of hydrogen-bond donors (Lipinski definition) is 3. The summed E-state index contributed by atoms with van der Waals surface area (Å²) in [5.74, 6) is -0.767. The Morgan fingerprint density at radius 2 is 1.70 bits per heavy atom. The highest BCUT2D eigenvalue weighted by Crippen LogP contribution is 2.42. The molecule has 14 heteroatoms. The maximum Gasteiger partial charge on any atom is 0.429 e. The van der Waals surface area contributed by atoms with Gasteiger partial charge in [-0.1, -0.05) is 30.3 Å². The molecule has 47 heavy (non-hydrogen) atoms. The number of amides is 1. The Bertz CT molecular complexity index is 1620. The van der Waals surface area contributed by atoms with Gasteiger partial charge in [0.15, 0.2) is 0 Å². The van der Waals surface area contributed by atoms with E-state index in [1.165, 1.54) is 25.3 Å². The molecule has 2 aromatic carbocycles. The van der Waals surface area contributed by atoms with E-state index in [-0.39, 0.29) is 28.7 Å². The lowest BCUT2D eigenvalue weighted by molar-refractivity contribution is -0.198. The van der Waals surface area contributed by atoms with Crippen LogP contribution in [0.3, 0.4) is 0 Å². The van der Waals surface area contributed by atoms with E-state index >= 15 is 0 Å². The zero-order valence-electron chi connectivity index (χ0n) is 25.9. The Balaban J connectivity index is 1.17. The summed E-state index contributed by atoms with van der Waals surface area (Å²) in [5.41, 5.74) is 7.39. The van der Waals surface area contributed by atoms with Crippen molar-refractivity contribution in [2.75, 3.05) is 50.5 Å². The monoisotopic (exact) mass is 654 g/mol. The number of nitrogen functional groups attached to an aromatic ring is 1. The summed E-state index contributed by atoms with van der Waals surface area (Å²) in [5, 5.41) is 12.4. The Hall–Kier alpha value is -4.59. The number of carbonyl (C=O) groups excluding carboxylic acids is 1. The highest BCUT2D eigenvalue weighted by atomic mass is 19.4. The second-order valence-corrected chi connectivity index (χ2v) is 12.5. The fourth-order valence-electron chi connectivity index (χ4n) is 6.77. The lowest BCUT2D eigenvalue weighted by Crippen LogP contribution is -2.41. The van der Waals surface area contributed by atoms with Crippen molar-refractivity contribution in [2.45, 2.75) is 50.4 Å². The number of ether oxygens (including phenoxy) is 2. The number of halogens is 3. The normalized spacial score (nSPS) is 20.0. The number of alkyl halides is 3. The minimum absolute atomic E-state index is 0.107. The fourth-order valence-corrected chi connectivity index (χ4v) is 6.77. The molecule has 1 spiro atoms. The first-order valence-electron chi connectivity index (χ1n) is 15.6. The SMILES string of the molecule is COc1cc(-c2ccc(C(Oc3cc(N4CCC5(CC4)CN[C@H](C(=O)O)C5)nc(N)n3)C(F)(F)F)cc2)ccc1C(=O)N1CCCC1. The molecule has 3 aliphatic heterocycles. The lowest BCUT2D eigenvalue weighted by Gasteiger charge is -2.39. The number of nitrogens with two attached hydrogens (primary N) is 1. The van der Waals surface area contributed by atoms with E-state index in [2.05, 4.69) is 15.3 Å². The van der Waals surface area contributed by atoms with Gasteiger partial charge in [-0.15, -0.1) is 0 Å². The molecule has 1 aromatic heterocycles. The highest BCUT2D eigenvalue weighted by molar-refractivity contribution is 5.97. The molecule has 3 saturated heterocycles. The predicted molar refractivity (Wildman–Crippen MR) is 167 cm³/mol. The minimum Gasteiger partial charge on any atom is -0.496 e. The molecule has 1 unspecified atom stereocenters. The number of rotatable bonds is 8. The number of likely N-dealkylation sites (tertiary alicyclic amines) is 1.